The molecule has 3 aromatic carbocycles. The normalized spacial score (nSPS) is 16.0. The summed E-state index contributed by atoms with van der Waals surface area (Å²) in [5, 5.41) is 7.22. The first-order valence-electron chi connectivity index (χ1n) is 11.0. The first-order valence-corrected chi connectivity index (χ1v) is 11.0. The van der Waals surface area contributed by atoms with E-state index in [1.54, 1.807) is 17.0 Å². The summed E-state index contributed by atoms with van der Waals surface area (Å²) in [7, 11) is 0. The molecule has 2 heterocycles. The van der Waals surface area contributed by atoms with Gasteiger partial charge in [-0.1, -0.05) is 71.9 Å². The van der Waals surface area contributed by atoms with Gasteiger partial charge in [0.2, 0.25) is 5.82 Å². The summed E-state index contributed by atoms with van der Waals surface area (Å²) < 4.78 is 19.3. The Morgan fingerprint density at radius 3 is 2.41 bits per heavy atom. The molecule has 0 bridgehead atoms. The average molecular weight is 455 g/mol. The molecule has 7 heteroatoms. The number of hydrogen-bond acceptors (Lipinski definition) is 4. The molecule has 0 aliphatic carbocycles. The molecule has 1 aromatic heterocycles. The molecule has 1 aliphatic heterocycles. The Bertz CT molecular complexity index is 1360. The summed E-state index contributed by atoms with van der Waals surface area (Å²) in [6, 6.07) is 22.7. The maximum absolute atomic E-state index is 13.6. The minimum Gasteiger partial charge on any atom is -0.334 e. The van der Waals surface area contributed by atoms with Crippen LogP contribution in [0, 0.1) is 12.7 Å². The number of carbonyl (C=O) groups is 1. The van der Waals surface area contributed by atoms with Gasteiger partial charge in [-0.15, -0.1) is 0 Å². The smallest absolute Gasteiger partial charge is 0.322 e. The zero-order valence-corrected chi connectivity index (χ0v) is 18.8. The number of carbonyl (C=O) groups excluding carboxylic acids is 1. The third kappa shape index (κ3) is 4.08. The van der Waals surface area contributed by atoms with Crippen LogP contribution in [0.1, 0.15) is 35.5 Å². The van der Waals surface area contributed by atoms with Gasteiger partial charge in [0.1, 0.15) is 5.82 Å². The van der Waals surface area contributed by atoms with Crippen molar-refractivity contribution in [1.29, 1.82) is 0 Å². The van der Waals surface area contributed by atoms with Gasteiger partial charge in [0, 0.05) is 11.3 Å². The molecule has 0 saturated heterocycles. The molecule has 1 aliphatic rings. The second kappa shape index (κ2) is 8.94. The fourth-order valence-electron chi connectivity index (χ4n) is 4.15. The van der Waals surface area contributed by atoms with E-state index in [-0.39, 0.29) is 11.8 Å². The lowest BCUT2D eigenvalue weighted by atomic mass is 9.94. The second-order valence-electron chi connectivity index (χ2n) is 8.23. The highest BCUT2D eigenvalue weighted by Crippen LogP contribution is 2.38. The third-order valence-corrected chi connectivity index (χ3v) is 6.08. The monoisotopic (exact) mass is 454 g/mol. The Kier molecular flexibility index (Phi) is 5.67. The Morgan fingerprint density at radius 2 is 1.68 bits per heavy atom. The molecule has 2 amide bonds. The minimum atomic E-state index is -0.565. The predicted octanol–water partition coefficient (Wildman–Crippen LogP) is 5.88. The largest absolute Gasteiger partial charge is 0.334 e. The molecular weight excluding hydrogens is 431 g/mol. The lowest BCUT2D eigenvalue weighted by molar-refractivity contribution is 0.203. The number of nitrogens with zero attached hydrogens (tertiary/aromatic N) is 3. The van der Waals surface area contributed by atoms with Gasteiger partial charge in [0.05, 0.1) is 18.2 Å². The molecule has 0 fully saturated rings. The molecular formula is C27H23FN4O2. The summed E-state index contributed by atoms with van der Waals surface area (Å²) >= 11 is 0. The Morgan fingerprint density at radius 1 is 0.971 bits per heavy atom. The first-order chi connectivity index (χ1) is 16.5. The predicted molar refractivity (Wildman–Crippen MR) is 127 cm³/mol. The van der Waals surface area contributed by atoms with E-state index in [2.05, 4.69) is 15.5 Å². The van der Waals surface area contributed by atoms with Crippen LogP contribution in [0.15, 0.2) is 89.1 Å². The fourth-order valence-corrected chi connectivity index (χ4v) is 4.15. The number of benzene rings is 3. The van der Waals surface area contributed by atoms with Crippen LogP contribution >= 0.6 is 0 Å². The quantitative estimate of drug-likeness (QED) is 0.409. The standard InChI is InChI=1S/C27H23FN4O2/c1-17-8-6-7-11-21(17)16-32-18(2)23(24(29-27(32)33)19-12-14-22(28)15-13-19)26-30-25(31-34-26)20-9-4-3-5-10-20/h3-15,24H,16H2,1-2H3,(H,29,33). The van der Waals surface area contributed by atoms with Crippen LogP contribution in [0.5, 0.6) is 0 Å². The molecule has 6 nitrogen and oxygen atoms in total. The Labute approximate surface area is 196 Å². The third-order valence-electron chi connectivity index (χ3n) is 6.08. The molecule has 0 saturated carbocycles. The topological polar surface area (TPSA) is 71.3 Å². The average Bonchev–Trinajstić information content (AvgIpc) is 3.33. The van der Waals surface area contributed by atoms with Gasteiger partial charge >= 0.3 is 6.03 Å². The van der Waals surface area contributed by atoms with Crippen molar-refractivity contribution in [2.75, 3.05) is 0 Å². The highest BCUT2D eigenvalue weighted by atomic mass is 19.1. The number of halogens is 1. The van der Waals surface area contributed by atoms with Crippen molar-refractivity contribution in [1.82, 2.24) is 20.4 Å². The molecule has 4 aromatic rings. The number of allylic oxidation sites excluding steroid dienone is 1. The summed E-state index contributed by atoms with van der Waals surface area (Å²) in [6.45, 7) is 4.28. The number of aryl methyl sites for hydroxylation is 1. The van der Waals surface area contributed by atoms with Gasteiger partial charge in [-0.05, 0) is 42.7 Å². The highest BCUT2D eigenvalue weighted by molar-refractivity contribution is 5.86. The van der Waals surface area contributed by atoms with Crippen molar-refractivity contribution in [3.05, 3.63) is 113 Å². The molecule has 1 unspecified atom stereocenters. The van der Waals surface area contributed by atoms with Gasteiger partial charge in [-0.3, -0.25) is 4.90 Å². The SMILES string of the molecule is CC1=C(c2nc(-c3ccccc3)no2)C(c2ccc(F)cc2)NC(=O)N1Cc1ccccc1C. The number of urea groups is 1. The number of aromatic nitrogens is 2. The van der Waals surface area contributed by atoms with Crippen molar-refractivity contribution < 1.29 is 13.7 Å². The highest BCUT2D eigenvalue weighted by Gasteiger charge is 2.36. The molecule has 5 rings (SSSR count). The van der Waals surface area contributed by atoms with E-state index in [0.29, 0.717) is 29.5 Å². The number of rotatable bonds is 5. The molecule has 170 valence electrons. The van der Waals surface area contributed by atoms with E-state index in [1.165, 1.54) is 12.1 Å². The van der Waals surface area contributed by atoms with E-state index in [0.717, 1.165) is 22.3 Å². The van der Waals surface area contributed by atoms with Gasteiger partial charge in [-0.2, -0.15) is 4.98 Å². The minimum absolute atomic E-state index is 0.248. The van der Waals surface area contributed by atoms with Crippen LogP contribution in [0.25, 0.3) is 17.0 Å². The van der Waals surface area contributed by atoms with Crippen LogP contribution in [-0.4, -0.2) is 21.1 Å². The van der Waals surface area contributed by atoms with Crippen LogP contribution in [0.2, 0.25) is 0 Å². The molecule has 34 heavy (non-hydrogen) atoms. The summed E-state index contributed by atoms with van der Waals surface area (Å²) in [5.41, 5.74) is 5.05. The maximum Gasteiger partial charge on any atom is 0.322 e. The van der Waals surface area contributed by atoms with E-state index in [9.17, 15) is 9.18 Å². The Hall–Kier alpha value is -4.26. The zero-order chi connectivity index (χ0) is 23.7. The lowest BCUT2D eigenvalue weighted by Gasteiger charge is -2.35. The number of hydrogen-bond donors (Lipinski definition) is 1. The summed E-state index contributed by atoms with van der Waals surface area (Å²) in [4.78, 5) is 19.5. The van der Waals surface area contributed by atoms with Crippen LogP contribution < -0.4 is 5.32 Å². The maximum atomic E-state index is 13.6. The molecule has 0 radical (unpaired) electrons. The van der Waals surface area contributed by atoms with Gasteiger partial charge in [-0.25, -0.2) is 9.18 Å². The van der Waals surface area contributed by atoms with Gasteiger partial charge in [0.15, 0.2) is 0 Å². The summed E-state index contributed by atoms with van der Waals surface area (Å²) in [5.74, 6) is 0.412. The van der Waals surface area contributed by atoms with Gasteiger partial charge in [0.25, 0.3) is 5.89 Å². The van der Waals surface area contributed by atoms with Crippen LogP contribution in [-0.2, 0) is 6.54 Å². The zero-order valence-electron chi connectivity index (χ0n) is 18.8. The number of amides is 2. The van der Waals surface area contributed by atoms with E-state index >= 15 is 0 Å². The van der Waals surface area contributed by atoms with Crippen molar-refractivity contribution >= 4 is 11.6 Å². The van der Waals surface area contributed by atoms with Crippen molar-refractivity contribution in [2.45, 2.75) is 26.4 Å². The van der Waals surface area contributed by atoms with Gasteiger partial charge < -0.3 is 9.84 Å². The summed E-state index contributed by atoms with van der Waals surface area (Å²) in [6.07, 6.45) is 0. The van der Waals surface area contributed by atoms with Crippen LogP contribution in [0.4, 0.5) is 9.18 Å². The van der Waals surface area contributed by atoms with Crippen molar-refractivity contribution in [2.24, 2.45) is 0 Å². The fraction of sp³-hybridized carbons (Fsp3) is 0.148. The van der Waals surface area contributed by atoms with Crippen molar-refractivity contribution in [3.8, 4) is 11.4 Å². The second-order valence-corrected chi connectivity index (χ2v) is 8.23. The first kappa shape index (κ1) is 21.6. The molecule has 1 atom stereocenters. The molecule has 1 N–H and O–H groups in total. The lowest BCUT2D eigenvalue weighted by Crippen LogP contribution is -2.45. The van der Waals surface area contributed by atoms with E-state index in [1.807, 2.05) is 68.4 Å². The van der Waals surface area contributed by atoms with E-state index in [4.69, 9.17) is 4.52 Å². The van der Waals surface area contributed by atoms with E-state index < -0.39 is 6.04 Å². The van der Waals surface area contributed by atoms with Crippen molar-refractivity contribution in [3.63, 3.8) is 0 Å². The Balaban J connectivity index is 1.61. The molecule has 0 spiro atoms. The number of nitrogens with one attached hydrogen (secondary N) is 1. The van der Waals surface area contributed by atoms with Crippen LogP contribution in [0.3, 0.4) is 0 Å².